The lowest BCUT2D eigenvalue weighted by Gasteiger charge is -1.97. The first-order valence-corrected chi connectivity index (χ1v) is 2.90. The summed E-state index contributed by atoms with van der Waals surface area (Å²) in [6, 6.07) is -0.554. The van der Waals surface area contributed by atoms with Crippen molar-refractivity contribution < 1.29 is 9.63 Å². The molecule has 1 rings (SSSR count). The SMILES string of the molecule is Cc1noc(C(N)CO)n1. The smallest absolute Gasteiger partial charge is 0.245 e. The van der Waals surface area contributed by atoms with Crippen LogP contribution in [0, 0.1) is 6.92 Å². The van der Waals surface area contributed by atoms with Crippen molar-refractivity contribution in [3.63, 3.8) is 0 Å². The second-order valence-corrected chi connectivity index (χ2v) is 1.97. The number of rotatable bonds is 2. The minimum Gasteiger partial charge on any atom is -0.394 e. The summed E-state index contributed by atoms with van der Waals surface area (Å²) in [5.41, 5.74) is 5.36. The highest BCUT2D eigenvalue weighted by Crippen LogP contribution is 2.04. The van der Waals surface area contributed by atoms with Crippen molar-refractivity contribution in [2.75, 3.05) is 6.61 Å². The van der Waals surface area contributed by atoms with Crippen LogP contribution in [0.15, 0.2) is 4.52 Å². The number of aliphatic hydroxyl groups is 1. The maximum atomic E-state index is 8.54. The summed E-state index contributed by atoms with van der Waals surface area (Å²) in [6.45, 7) is 1.51. The van der Waals surface area contributed by atoms with Crippen LogP contribution < -0.4 is 5.73 Å². The van der Waals surface area contributed by atoms with Gasteiger partial charge in [0.25, 0.3) is 0 Å². The van der Waals surface area contributed by atoms with Crippen molar-refractivity contribution in [3.8, 4) is 0 Å². The van der Waals surface area contributed by atoms with Crippen molar-refractivity contribution >= 4 is 0 Å². The fourth-order valence-corrected chi connectivity index (χ4v) is 0.542. The van der Waals surface area contributed by atoms with Crippen molar-refractivity contribution in [2.45, 2.75) is 13.0 Å². The van der Waals surface area contributed by atoms with E-state index in [0.29, 0.717) is 5.82 Å². The van der Waals surface area contributed by atoms with Gasteiger partial charge in [0, 0.05) is 0 Å². The predicted octanol–water partition coefficient (Wildman–Crippen LogP) is -0.630. The molecule has 0 aliphatic rings. The lowest BCUT2D eigenvalue weighted by atomic mass is 10.3. The molecule has 1 heterocycles. The van der Waals surface area contributed by atoms with Gasteiger partial charge < -0.3 is 15.4 Å². The fourth-order valence-electron chi connectivity index (χ4n) is 0.542. The lowest BCUT2D eigenvalue weighted by Crippen LogP contribution is -2.14. The summed E-state index contributed by atoms with van der Waals surface area (Å²) in [6.07, 6.45) is 0. The topological polar surface area (TPSA) is 85.2 Å². The summed E-state index contributed by atoms with van der Waals surface area (Å²) < 4.78 is 4.67. The third-order valence-electron chi connectivity index (χ3n) is 1.06. The van der Waals surface area contributed by atoms with Gasteiger partial charge in [0.2, 0.25) is 5.89 Å². The number of nitrogens with two attached hydrogens (primary N) is 1. The van der Waals surface area contributed by atoms with Crippen LogP contribution in [-0.4, -0.2) is 21.9 Å². The molecule has 3 N–H and O–H groups in total. The highest BCUT2D eigenvalue weighted by molar-refractivity contribution is 4.88. The Labute approximate surface area is 57.8 Å². The van der Waals surface area contributed by atoms with Gasteiger partial charge >= 0.3 is 0 Å². The first kappa shape index (κ1) is 7.17. The molecule has 10 heavy (non-hydrogen) atoms. The van der Waals surface area contributed by atoms with Crippen LogP contribution >= 0.6 is 0 Å². The Balaban J connectivity index is 2.74. The fraction of sp³-hybridized carbons (Fsp3) is 0.600. The molecule has 5 nitrogen and oxygen atoms in total. The lowest BCUT2D eigenvalue weighted by molar-refractivity contribution is 0.236. The van der Waals surface area contributed by atoms with Gasteiger partial charge in [-0.15, -0.1) is 0 Å². The predicted molar refractivity (Wildman–Crippen MR) is 33.0 cm³/mol. The Hall–Kier alpha value is -0.940. The van der Waals surface area contributed by atoms with E-state index in [-0.39, 0.29) is 12.5 Å². The van der Waals surface area contributed by atoms with E-state index >= 15 is 0 Å². The molecule has 5 heteroatoms. The normalized spacial score (nSPS) is 13.5. The summed E-state index contributed by atoms with van der Waals surface area (Å²) >= 11 is 0. The van der Waals surface area contributed by atoms with Crippen LogP contribution in [0.1, 0.15) is 17.8 Å². The molecule has 0 fully saturated rings. The number of aryl methyl sites for hydroxylation is 1. The molecule has 0 aromatic carbocycles. The Morgan fingerprint density at radius 3 is 2.90 bits per heavy atom. The van der Waals surface area contributed by atoms with Gasteiger partial charge in [-0.25, -0.2) is 0 Å². The van der Waals surface area contributed by atoms with E-state index in [9.17, 15) is 0 Å². The quantitative estimate of drug-likeness (QED) is 0.575. The number of hydrogen-bond acceptors (Lipinski definition) is 5. The third kappa shape index (κ3) is 1.31. The van der Waals surface area contributed by atoms with E-state index in [2.05, 4.69) is 14.7 Å². The van der Waals surface area contributed by atoms with Crippen LogP contribution in [0.4, 0.5) is 0 Å². The molecule has 0 saturated heterocycles. The Bertz CT molecular complexity index is 210. The van der Waals surface area contributed by atoms with Gasteiger partial charge in [0.1, 0.15) is 6.04 Å². The van der Waals surface area contributed by atoms with E-state index < -0.39 is 6.04 Å². The second-order valence-electron chi connectivity index (χ2n) is 1.97. The molecule has 0 radical (unpaired) electrons. The van der Waals surface area contributed by atoms with Gasteiger partial charge in [-0.3, -0.25) is 0 Å². The zero-order valence-corrected chi connectivity index (χ0v) is 5.61. The van der Waals surface area contributed by atoms with Gasteiger partial charge in [-0.1, -0.05) is 5.16 Å². The summed E-state index contributed by atoms with van der Waals surface area (Å²) in [7, 11) is 0. The van der Waals surface area contributed by atoms with Gasteiger partial charge in [0.15, 0.2) is 5.82 Å². The van der Waals surface area contributed by atoms with Crippen molar-refractivity contribution in [1.82, 2.24) is 10.1 Å². The van der Waals surface area contributed by atoms with Gasteiger partial charge in [-0.05, 0) is 6.92 Å². The maximum Gasteiger partial charge on any atom is 0.245 e. The Morgan fingerprint density at radius 1 is 1.80 bits per heavy atom. The molecule has 0 aliphatic carbocycles. The molecular formula is C5H9N3O2. The van der Waals surface area contributed by atoms with Crippen molar-refractivity contribution in [1.29, 1.82) is 0 Å². The second kappa shape index (κ2) is 2.76. The molecule has 1 aromatic rings. The van der Waals surface area contributed by atoms with Gasteiger partial charge in [-0.2, -0.15) is 4.98 Å². The van der Waals surface area contributed by atoms with Crippen LogP contribution in [0.5, 0.6) is 0 Å². The van der Waals surface area contributed by atoms with Crippen LogP contribution in [0.2, 0.25) is 0 Å². The standard InChI is InChI=1S/C5H9N3O2/c1-3-7-5(10-8-3)4(6)2-9/h4,9H,2,6H2,1H3. The monoisotopic (exact) mass is 143 g/mol. The highest BCUT2D eigenvalue weighted by Gasteiger charge is 2.10. The Kier molecular flexibility index (Phi) is 1.98. The van der Waals surface area contributed by atoms with E-state index in [4.69, 9.17) is 10.8 Å². The van der Waals surface area contributed by atoms with Crippen LogP contribution in [0.25, 0.3) is 0 Å². The highest BCUT2D eigenvalue weighted by atomic mass is 16.5. The Morgan fingerprint density at radius 2 is 2.50 bits per heavy atom. The molecule has 1 atom stereocenters. The number of hydrogen-bond donors (Lipinski definition) is 2. The zero-order valence-electron chi connectivity index (χ0n) is 5.61. The average Bonchev–Trinajstić information content (AvgIpc) is 2.34. The molecule has 1 aromatic heterocycles. The molecule has 0 amide bonds. The minimum absolute atomic E-state index is 0.179. The number of aromatic nitrogens is 2. The van der Waals surface area contributed by atoms with E-state index in [0.717, 1.165) is 0 Å². The third-order valence-corrected chi connectivity index (χ3v) is 1.06. The number of aliphatic hydroxyl groups excluding tert-OH is 1. The molecule has 0 aliphatic heterocycles. The molecule has 0 spiro atoms. The molecule has 1 unspecified atom stereocenters. The summed E-state index contributed by atoms with van der Waals surface area (Å²) in [5.74, 6) is 0.805. The van der Waals surface area contributed by atoms with E-state index in [1.807, 2.05) is 0 Å². The molecular weight excluding hydrogens is 134 g/mol. The summed E-state index contributed by atoms with van der Waals surface area (Å²) in [5, 5.41) is 12.1. The van der Waals surface area contributed by atoms with E-state index in [1.54, 1.807) is 6.92 Å². The van der Waals surface area contributed by atoms with Crippen LogP contribution in [-0.2, 0) is 0 Å². The van der Waals surface area contributed by atoms with Crippen molar-refractivity contribution in [2.24, 2.45) is 5.73 Å². The minimum atomic E-state index is -0.554. The largest absolute Gasteiger partial charge is 0.394 e. The first-order valence-electron chi connectivity index (χ1n) is 2.90. The molecule has 56 valence electrons. The van der Waals surface area contributed by atoms with Crippen molar-refractivity contribution in [3.05, 3.63) is 11.7 Å². The maximum absolute atomic E-state index is 8.54. The summed E-state index contributed by atoms with van der Waals surface area (Å²) in [4.78, 5) is 3.82. The van der Waals surface area contributed by atoms with Gasteiger partial charge in [0.05, 0.1) is 6.61 Å². The molecule has 0 bridgehead atoms. The first-order chi connectivity index (χ1) is 4.74. The number of nitrogens with zero attached hydrogens (tertiary/aromatic N) is 2. The zero-order chi connectivity index (χ0) is 7.56. The van der Waals surface area contributed by atoms with Crippen LogP contribution in [0.3, 0.4) is 0 Å². The molecule has 0 saturated carbocycles. The average molecular weight is 143 g/mol. The van der Waals surface area contributed by atoms with E-state index in [1.165, 1.54) is 0 Å².